The van der Waals surface area contributed by atoms with Gasteiger partial charge in [0.15, 0.2) is 0 Å². The van der Waals surface area contributed by atoms with Crippen LogP contribution >= 0.6 is 0 Å². The number of nitrogens with one attached hydrogen (secondary N) is 2. The van der Waals surface area contributed by atoms with Crippen molar-refractivity contribution in [1.29, 1.82) is 0 Å². The Morgan fingerprint density at radius 2 is 2.07 bits per heavy atom. The maximum absolute atomic E-state index is 11.5. The molecule has 2 saturated carbocycles. The van der Waals surface area contributed by atoms with Crippen LogP contribution in [0.2, 0.25) is 0 Å². The second-order valence-corrected chi connectivity index (χ2v) is 5.27. The highest BCUT2D eigenvalue weighted by molar-refractivity contribution is 5.74. The molecule has 86 valence electrons. The predicted octanol–water partition coefficient (Wildman–Crippen LogP) is 2.27. The molecule has 2 aliphatic carbocycles. The van der Waals surface area contributed by atoms with Crippen molar-refractivity contribution < 1.29 is 4.79 Å². The fraction of sp³-hybridized carbons (Fsp3) is 0.917. The molecule has 2 N–H and O–H groups in total. The van der Waals surface area contributed by atoms with E-state index in [2.05, 4.69) is 17.6 Å². The van der Waals surface area contributed by atoms with Crippen molar-refractivity contribution in [3.05, 3.63) is 0 Å². The monoisotopic (exact) mass is 210 g/mol. The van der Waals surface area contributed by atoms with E-state index in [0.29, 0.717) is 12.0 Å². The van der Waals surface area contributed by atoms with Gasteiger partial charge in [-0.15, -0.1) is 0 Å². The largest absolute Gasteiger partial charge is 0.338 e. The van der Waals surface area contributed by atoms with Crippen LogP contribution < -0.4 is 10.6 Å². The molecule has 2 rings (SSSR count). The third-order valence-corrected chi connectivity index (χ3v) is 3.80. The minimum atomic E-state index is 0.0410. The molecule has 15 heavy (non-hydrogen) atoms. The van der Waals surface area contributed by atoms with Crippen LogP contribution in [0.1, 0.15) is 45.4 Å². The number of urea groups is 1. The van der Waals surface area contributed by atoms with Gasteiger partial charge in [-0.25, -0.2) is 4.79 Å². The molecule has 3 nitrogen and oxygen atoms in total. The quantitative estimate of drug-likeness (QED) is 0.737. The van der Waals surface area contributed by atoms with E-state index in [9.17, 15) is 4.79 Å². The van der Waals surface area contributed by atoms with Crippen LogP contribution in [-0.4, -0.2) is 18.6 Å². The average Bonchev–Trinajstić information content (AvgIpc) is 2.55. The zero-order valence-electron chi connectivity index (χ0n) is 9.59. The van der Waals surface area contributed by atoms with Crippen LogP contribution in [0.5, 0.6) is 0 Å². The molecule has 2 atom stereocenters. The second kappa shape index (κ2) is 4.86. The average molecular weight is 210 g/mol. The molecule has 0 aliphatic heterocycles. The molecule has 0 spiro atoms. The van der Waals surface area contributed by atoms with E-state index < -0.39 is 0 Å². The van der Waals surface area contributed by atoms with E-state index in [1.807, 2.05) is 0 Å². The fourth-order valence-electron chi connectivity index (χ4n) is 2.54. The molecule has 0 aromatic rings. The highest BCUT2D eigenvalue weighted by Gasteiger charge is 2.23. The number of carbonyl (C=O) groups excluding carboxylic acids is 1. The van der Waals surface area contributed by atoms with Crippen molar-refractivity contribution in [3.8, 4) is 0 Å². The highest BCUT2D eigenvalue weighted by Crippen LogP contribution is 2.29. The van der Waals surface area contributed by atoms with Gasteiger partial charge in [-0.1, -0.05) is 13.3 Å². The smallest absolute Gasteiger partial charge is 0.315 e. The Labute approximate surface area is 92.0 Å². The zero-order chi connectivity index (χ0) is 10.7. The number of hydrogen-bond acceptors (Lipinski definition) is 1. The highest BCUT2D eigenvalue weighted by atomic mass is 16.2. The summed E-state index contributed by atoms with van der Waals surface area (Å²) >= 11 is 0. The molecular weight excluding hydrogens is 188 g/mol. The van der Waals surface area contributed by atoms with E-state index in [4.69, 9.17) is 0 Å². The van der Waals surface area contributed by atoms with Gasteiger partial charge >= 0.3 is 6.03 Å². The normalized spacial score (nSPS) is 31.0. The summed E-state index contributed by atoms with van der Waals surface area (Å²) in [4.78, 5) is 11.5. The Balaban J connectivity index is 1.58. The number of rotatable bonds is 3. The van der Waals surface area contributed by atoms with Crippen molar-refractivity contribution in [3.63, 3.8) is 0 Å². The van der Waals surface area contributed by atoms with Gasteiger partial charge in [0.25, 0.3) is 0 Å². The summed E-state index contributed by atoms with van der Waals surface area (Å²) in [6.07, 6.45) is 7.48. The van der Waals surface area contributed by atoms with Crippen molar-refractivity contribution in [2.45, 2.75) is 51.5 Å². The molecule has 3 heteroatoms. The second-order valence-electron chi connectivity index (χ2n) is 5.27. The van der Waals surface area contributed by atoms with Gasteiger partial charge in [0.05, 0.1) is 0 Å². The first kappa shape index (κ1) is 10.8. The lowest BCUT2D eigenvalue weighted by molar-refractivity contribution is 0.226. The standard InChI is InChI=1S/C12H22N2O/c1-9-5-6-10(7-9)8-13-12(15)14-11-3-2-4-11/h9-11H,2-8H2,1H3,(H2,13,14,15). The summed E-state index contributed by atoms with van der Waals surface area (Å²) < 4.78 is 0. The van der Waals surface area contributed by atoms with E-state index in [0.717, 1.165) is 25.3 Å². The Hall–Kier alpha value is -0.730. The Bertz CT molecular complexity index is 226. The van der Waals surface area contributed by atoms with Crippen LogP contribution in [-0.2, 0) is 0 Å². The molecule has 0 aromatic heterocycles. The lowest BCUT2D eigenvalue weighted by atomic mass is 9.93. The van der Waals surface area contributed by atoms with Gasteiger partial charge in [0.1, 0.15) is 0 Å². The molecule has 0 radical (unpaired) electrons. The SMILES string of the molecule is CC1CCC(CNC(=O)NC2CCC2)C1. The Kier molecular flexibility index (Phi) is 3.49. The van der Waals surface area contributed by atoms with Crippen molar-refractivity contribution in [2.24, 2.45) is 11.8 Å². The van der Waals surface area contributed by atoms with Gasteiger partial charge in [-0.2, -0.15) is 0 Å². The first-order chi connectivity index (χ1) is 7.24. The topological polar surface area (TPSA) is 41.1 Å². The van der Waals surface area contributed by atoms with Crippen LogP contribution in [0.4, 0.5) is 4.79 Å². The summed E-state index contributed by atoms with van der Waals surface area (Å²) in [7, 11) is 0. The van der Waals surface area contributed by atoms with E-state index in [1.54, 1.807) is 0 Å². The Morgan fingerprint density at radius 1 is 1.27 bits per heavy atom. The van der Waals surface area contributed by atoms with E-state index in [1.165, 1.54) is 25.7 Å². The van der Waals surface area contributed by atoms with Crippen molar-refractivity contribution >= 4 is 6.03 Å². The minimum Gasteiger partial charge on any atom is -0.338 e. The summed E-state index contributed by atoms with van der Waals surface area (Å²) in [5, 5.41) is 6.00. The first-order valence-corrected chi connectivity index (χ1v) is 6.28. The van der Waals surface area contributed by atoms with Crippen LogP contribution in [0.15, 0.2) is 0 Å². The molecule has 0 bridgehead atoms. The van der Waals surface area contributed by atoms with Crippen LogP contribution in [0.25, 0.3) is 0 Å². The summed E-state index contributed by atoms with van der Waals surface area (Å²) in [6.45, 7) is 3.16. The van der Waals surface area contributed by atoms with Gasteiger partial charge in [0, 0.05) is 12.6 Å². The molecule has 0 heterocycles. The third-order valence-electron chi connectivity index (χ3n) is 3.80. The number of hydrogen-bond donors (Lipinski definition) is 2. The third kappa shape index (κ3) is 3.11. The summed E-state index contributed by atoms with van der Waals surface area (Å²) in [5.41, 5.74) is 0. The van der Waals surface area contributed by atoms with Crippen molar-refractivity contribution in [2.75, 3.05) is 6.54 Å². The maximum atomic E-state index is 11.5. The zero-order valence-corrected chi connectivity index (χ0v) is 9.59. The first-order valence-electron chi connectivity index (χ1n) is 6.28. The minimum absolute atomic E-state index is 0.0410. The molecule has 2 amide bonds. The number of carbonyl (C=O) groups is 1. The van der Waals surface area contributed by atoms with Gasteiger partial charge in [-0.3, -0.25) is 0 Å². The van der Waals surface area contributed by atoms with E-state index >= 15 is 0 Å². The lowest BCUT2D eigenvalue weighted by Crippen LogP contribution is -2.46. The molecular formula is C12H22N2O. The van der Waals surface area contributed by atoms with Gasteiger partial charge in [0.2, 0.25) is 0 Å². The van der Waals surface area contributed by atoms with Gasteiger partial charge in [-0.05, 0) is 43.9 Å². The maximum Gasteiger partial charge on any atom is 0.315 e. The molecule has 0 aromatic carbocycles. The predicted molar refractivity (Wildman–Crippen MR) is 60.7 cm³/mol. The summed E-state index contributed by atoms with van der Waals surface area (Å²) in [5.74, 6) is 1.57. The molecule has 0 saturated heterocycles. The molecule has 2 fully saturated rings. The Morgan fingerprint density at radius 3 is 2.60 bits per heavy atom. The molecule has 2 unspecified atom stereocenters. The number of amides is 2. The van der Waals surface area contributed by atoms with Crippen molar-refractivity contribution in [1.82, 2.24) is 10.6 Å². The van der Waals surface area contributed by atoms with Crippen LogP contribution in [0, 0.1) is 11.8 Å². The molecule has 2 aliphatic rings. The van der Waals surface area contributed by atoms with E-state index in [-0.39, 0.29) is 6.03 Å². The fourth-order valence-corrected chi connectivity index (χ4v) is 2.54. The summed E-state index contributed by atoms with van der Waals surface area (Å²) in [6, 6.07) is 0.492. The van der Waals surface area contributed by atoms with Crippen LogP contribution in [0.3, 0.4) is 0 Å². The van der Waals surface area contributed by atoms with Gasteiger partial charge < -0.3 is 10.6 Å². The lowest BCUT2D eigenvalue weighted by Gasteiger charge is -2.26.